The minimum Gasteiger partial charge on any atom is -0.383 e. The van der Waals surface area contributed by atoms with E-state index < -0.39 is 10.8 Å². The second-order valence-electron chi connectivity index (χ2n) is 3.96. The molecule has 0 fully saturated rings. The monoisotopic (exact) mass is 268 g/mol. The summed E-state index contributed by atoms with van der Waals surface area (Å²) in [4.78, 5) is 22.1. The first-order chi connectivity index (χ1) is 8.99. The molecule has 19 heavy (non-hydrogen) atoms. The largest absolute Gasteiger partial charge is 0.383 e. The van der Waals surface area contributed by atoms with E-state index in [0.29, 0.717) is 6.61 Å². The minimum atomic E-state index is -0.607. The number of nitro groups is 1. The van der Waals surface area contributed by atoms with Crippen molar-refractivity contribution in [3.8, 4) is 0 Å². The molecule has 0 radical (unpaired) electrons. The number of nitro benzene ring substituents is 1. The highest BCUT2D eigenvalue weighted by Gasteiger charge is 2.17. The second kappa shape index (κ2) is 6.66. The van der Waals surface area contributed by atoms with E-state index in [1.807, 2.05) is 0 Å². The maximum Gasteiger partial charge on any atom is 0.294 e. The number of nitrogen functional groups attached to an aromatic ring is 1. The van der Waals surface area contributed by atoms with E-state index in [-0.39, 0.29) is 23.0 Å². The molecule has 4 N–H and O–H groups in total. The van der Waals surface area contributed by atoms with Gasteiger partial charge in [-0.1, -0.05) is 0 Å². The number of nitrogens with one attached hydrogen (secondary N) is 2. The lowest BCUT2D eigenvalue weighted by molar-refractivity contribution is -0.384. The van der Waals surface area contributed by atoms with E-state index in [1.165, 1.54) is 25.3 Å². The Balaban J connectivity index is 2.92. The van der Waals surface area contributed by atoms with Gasteiger partial charge >= 0.3 is 0 Å². The van der Waals surface area contributed by atoms with Gasteiger partial charge in [0, 0.05) is 24.8 Å². The van der Waals surface area contributed by atoms with E-state index in [4.69, 9.17) is 10.6 Å². The smallest absolute Gasteiger partial charge is 0.294 e. The maximum absolute atomic E-state index is 11.9. The molecule has 0 heterocycles. The Labute approximate surface area is 110 Å². The third kappa shape index (κ3) is 3.90. The summed E-state index contributed by atoms with van der Waals surface area (Å²) in [6, 6.07) is 3.82. The van der Waals surface area contributed by atoms with Crippen LogP contribution in [0.3, 0.4) is 0 Å². The molecule has 1 aromatic carbocycles. The van der Waals surface area contributed by atoms with Crippen LogP contribution in [0.4, 0.5) is 11.4 Å². The fraction of sp³-hybridized carbons (Fsp3) is 0.364. The highest BCUT2D eigenvalue weighted by Crippen LogP contribution is 2.24. The molecule has 0 bridgehead atoms. The third-order valence-corrected chi connectivity index (χ3v) is 2.41. The van der Waals surface area contributed by atoms with Crippen molar-refractivity contribution in [2.24, 2.45) is 5.84 Å². The van der Waals surface area contributed by atoms with Gasteiger partial charge in [0.25, 0.3) is 11.6 Å². The highest BCUT2D eigenvalue weighted by atomic mass is 16.6. The van der Waals surface area contributed by atoms with Crippen molar-refractivity contribution in [3.63, 3.8) is 0 Å². The van der Waals surface area contributed by atoms with Crippen molar-refractivity contribution < 1.29 is 14.5 Å². The Kier molecular flexibility index (Phi) is 5.22. The van der Waals surface area contributed by atoms with Gasteiger partial charge in [-0.15, -0.1) is 0 Å². The van der Waals surface area contributed by atoms with Crippen molar-refractivity contribution in [1.29, 1.82) is 0 Å². The number of ether oxygens (including phenoxy) is 1. The van der Waals surface area contributed by atoms with E-state index in [9.17, 15) is 14.9 Å². The predicted octanol–water partition coefficient (Wildman–Crippen LogP) is 0.645. The Morgan fingerprint density at radius 3 is 2.79 bits per heavy atom. The lowest BCUT2D eigenvalue weighted by atomic mass is 10.1. The van der Waals surface area contributed by atoms with E-state index in [1.54, 1.807) is 6.92 Å². The van der Waals surface area contributed by atoms with Gasteiger partial charge in [-0.25, -0.2) is 0 Å². The molecule has 1 rings (SSSR count). The Morgan fingerprint density at radius 2 is 2.26 bits per heavy atom. The van der Waals surface area contributed by atoms with Crippen molar-refractivity contribution in [2.45, 2.75) is 13.0 Å². The first-order valence-corrected chi connectivity index (χ1v) is 5.54. The first kappa shape index (κ1) is 14.9. The number of methoxy groups -OCH3 is 1. The summed E-state index contributed by atoms with van der Waals surface area (Å²) in [6.45, 7) is 2.13. The maximum atomic E-state index is 11.9. The number of rotatable bonds is 6. The summed E-state index contributed by atoms with van der Waals surface area (Å²) in [5.74, 6) is 4.76. The van der Waals surface area contributed by atoms with Gasteiger partial charge in [0.1, 0.15) is 5.69 Å². The van der Waals surface area contributed by atoms with Crippen molar-refractivity contribution >= 4 is 17.3 Å². The van der Waals surface area contributed by atoms with Crippen LogP contribution in [0.25, 0.3) is 0 Å². The number of carbonyl (C=O) groups excluding carboxylic acids is 1. The van der Waals surface area contributed by atoms with Gasteiger partial charge in [0.2, 0.25) is 0 Å². The van der Waals surface area contributed by atoms with Gasteiger partial charge in [0.15, 0.2) is 0 Å². The molecule has 1 amide bonds. The van der Waals surface area contributed by atoms with Crippen LogP contribution in [-0.2, 0) is 4.74 Å². The van der Waals surface area contributed by atoms with Crippen LogP contribution in [0.5, 0.6) is 0 Å². The standard InChI is InChI=1S/C11H16N4O4/c1-7(6-19-2)13-11(16)8-3-4-9(14-12)10(5-8)15(17)18/h3-5,7,14H,6,12H2,1-2H3,(H,13,16). The summed E-state index contributed by atoms with van der Waals surface area (Å²) < 4.78 is 4.89. The van der Waals surface area contributed by atoms with Gasteiger partial charge in [-0.2, -0.15) is 0 Å². The minimum absolute atomic E-state index is 0.145. The Morgan fingerprint density at radius 1 is 1.58 bits per heavy atom. The lowest BCUT2D eigenvalue weighted by Crippen LogP contribution is -2.35. The average molecular weight is 268 g/mol. The molecule has 0 spiro atoms. The van der Waals surface area contributed by atoms with Gasteiger partial charge in [-0.05, 0) is 19.1 Å². The van der Waals surface area contributed by atoms with Crippen LogP contribution in [0.2, 0.25) is 0 Å². The van der Waals surface area contributed by atoms with Crippen LogP contribution >= 0.6 is 0 Å². The molecule has 0 aliphatic rings. The van der Waals surface area contributed by atoms with Crippen LogP contribution in [0, 0.1) is 10.1 Å². The molecule has 1 atom stereocenters. The molecule has 8 nitrogen and oxygen atoms in total. The van der Waals surface area contributed by atoms with Crippen LogP contribution in [0.15, 0.2) is 18.2 Å². The summed E-state index contributed by atoms with van der Waals surface area (Å²) in [5, 5.41) is 13.5. The molecule has 0 aliphatic heterocycles. The summed E-state index contributed by atoms with van der Waals surface area (Å²) in [5.41, 5.74) is 2.29. The zero-order valence-corrected chi connectivity index (χ0v) is 10.7. The molecule has 0 aromatic heterocycles. The summed E-state index contributed by atoms with van der Waals surface area (Å²) in [7, 11) is 1.52. The Hall–Kier alpha value is -2.19. The normalized spacial score (nSPS) is 11.7. The van der Waals surface area contributed by atoms with E-state index in [0.717, 1.165) is 0 Å². The number of amides is 1. The molecule has 0 saturated carbocycles. The predicted molar refractivity (Wildman–Crippen MR) is 69.7 cm³/mol. The van der Waals surface area contributed by atoms with E-state index in [2.05, 4.69) is 10.7 Å². The zero-order chi connectivity index (χ0) is 14.4. The quantitative estimate of drug-likeness (QED) is 0.396. The second-order valence-corrected chi connectivity index (χ2v) is 3.96. The molecule has 0 saturated heterocycles. The fourth-order valence-electron chi connectivity index (χ4n) is 1.54. The molecular weight excluding hydrogens is 252 g/mol. The molecule has 8 heteroatoms. The molecule has 1 aromatic rings. The van der Waals surface area contributed by atoms with Crippen LogP contribution < -0.4 is 16.6 Å². The molecular formula is C11H16N4O4. The zero-order valence-electron chi connectivity index (χ0n) is 10.7. The number of hydrazine groups is 1. The van der Waals surface area contributed by atoms with Crippen molar-refractivity contribution in [2.75, 3.05) is 19.1 Å². The molecule has 0 aliphatic carbocycles. The Bertz CT molecular complexity index is 478. The number of carbonyl (C=O) groups is 1. The number of benzene rings is 1. The number of hydrogen-bond acceptors (Lipinski definition) is 6. The number of nitrogens with zero attached hydrogens (tertiary/aromatic N) is 1. The number of nitrogens with two attached hydrogens (primary N) is 1. The van der Waals surface area contributed by atoms with Crippen LogP contribution in [-0.4, -0.2) is 30.6 Å². The molecule has 104 valence electrons. The van der Waals surface area contributed by atoms with E-state index >= 15 is 0 Å². The number of hydrogen-bond donors (Lipinski definition) is 3. The van der Waals surface area contributed by atoms with Crippen molar-refractivity contribution in [3.05, 3.63) is 33.9 Å². The number of anilines is 1. The average Bonchev–Trinajstić information content (AvgIpc) is 2.37. The fourth-order valence-corrected chi connectivity index (χ4v) is 1.54. The van der Waals surface area contributed by atoms with Crippen LogP contribution in [0.1, 0.15) is 17.3 Å². The topological polar surface area (TPSA) is 120 Å². The SMILES string of the molecule is COCC(C)NC(=O)c1ccc(NN)c([N+](=O)[O-])c1. The third-order valence-electron chi connectivity index (χ3n) is 2.41. The van der Waals surface area contributed by atoms with Gasteiger partial charge in [-0.3, -0.25) is 20.8 Å². The molecule has 1 unspecified atom stereocenters. The lowest BCUT2D eigenvalue weighted by Gasteiger charge is -2.13. The van der Waals surface area contributed by atoms with Crippen molar-refractivity contribution in [1.82, 2.24) is 5.32 Å². The van der Waals surface area contributed by atoms with Gasteiger partial charge < -0.3 is 15.5 Å². The highest BCUT2D eigenvalue weighted by molar-refractivity contribution is 5.95. The summed E-state index contributed by atoms with van der Waals surface area (Å²) in [6.07, 6.45) is 0. The summed E-state index contributed by atoms with van der Waals surface area (Å²) >= 11 is 0. The first-order valence-electron chi connectivity index (χ1n) is 5.54. The van der Waals surface area contributed by atoms with Gasteiger partial charge in [0.05, 0.1) is 11.5 Å².